The van der Waals surface area contributed by atoms with Gasteiger partial charge in [-0.25, -0.2) is 35.9 Å². The van der Waals surface area contributed by atoms with E-state index in [9.17, 15) is 28.8 Å². The molecule has 2 fully saturated rings. The number of fused-ring (bicyclic) bond motifs is 8. The number of amides is 2. The first kappa shape index (κ1) is 58.7. The van der Waals surface area contributed by atoms with E-state index in [4.69, 9.17) is 28.4 Å². The van der Waals surface area contributed by atoms with Crippen LogP contribution >= 0.6 is 22.7 Å². The van der Waals surface area contributed by atoms with Crippen molar-refractivity contribution in [3.63, 3.8) is 0 Å². The first-order valence-corrected chi connectivity index (χ1v) is 30.5. The zero-order valence-corrected chi connectivity index (χ0v) is 49.9. The Morgan fingerprint density at radius 1 is 0.554 bits per heavy atom. The summed E-state index contributed by atoms with van der Waals surface area (Å²) in [6, 6.07) is 20.8. The summed E-state index contributed by atoms with van der Waals surface area (Å²) in [5.74, 6) is -10.8. The number of rotatable bonds is 8. The molecule has 8 heterocycles. The molecular formula is C64H48F6N6O14S2. The first-order valence-electron chi connectivity index (χ1n) is 28.8. The van der Waals surface area contributed by atoms with Crippen LogP contribution in [-0.4, -0.2) is 123 Å². The van der Waals surface area contributed by atoms with Gasteiger partial charge in [0.1, 0.15) is 24.0 Å². The predicted octanol–water partition coefficient (Wildman–Crippen LogP) is 10.0. The van der Waals surface area contributed by atoms with E-state index in [-0.39, 0.29) is 73.5 Å². The third-order valence-corrected chi connectivity index (χ3v) is 19.8. The molecule has 4 aromatic heterocycles. The van der Waals surface area contributed by atoms with Gasteiger partial charge in [-0.05, 0) is 67.4 Å². The Bertz CT molecular complexity index is 4310. The lowest BCUT2D eigenvalue weighted by atomic mass is 9.80. The molecule has 8 aliphatic rings. The molecule has 4 aliphatic carbocycles. The van der Waals surface area contributed by atoms with Gasteiger partial charge in [0, 0.05) is 82.5 Å². The molecule has 4 atom stereocenters. The van der Waals surface area contributed by atoms with Crippen LogP contribution in [0.2, 0.25) is 0 Å². The highest BCUT2D eigenvalue weighted by atomic mass is 32.1. The second-order valence-electron chi connectivity index (χ2n) is 22.4. The Hall–Kier alpha value is -9.64. The maximum atomic E-state index is 15.8. The van der Waals surface area contributed by atoms with E-state index in [1.807, 2.05) is 48.5 Å². The van der Waals surface area contributed by atoms with Gasteiger partial charge in [0.15, 0.2) is 11.4 Å². The van der Waals surface area contributed by atoms with E-state index in [1.165, 1.54) is 78.5 Å². The van der Waals surface area contributed by atoms with Crippen molar-refractivity contribution in [3.8, 4) is 54.6 Å². The zero-order chi connectivity index (χ0) is 63.8. The molecular weight excluding hydrogens is 1250 g/mol. The summed E-state index contributed by atoms with van der Waals surface area (Å²) in [5, 5.41) is 7.00. The van der Waals surface area contributed by atoms with Crippen molar-refractivity contribution < 1.29 is 83.4 Å². The Morgan fingerprint density at radius 3 is 1.38 bits per heavy atom. The highest BCUT2D eigenvalue weighted by Crippen LogP contribution is 2.60. The minimum absolute atomic E-state index is 0.0597. The van der Waals surface area contributed by atoms with Gasteiger partial charge in [-0.2, -0.15) is 0 Å². The van der Waals surface area contributed by atoms with Crippen molar-refractivity contribution in [2.75, 3.05) is 77.3 Å². The van der Waals surface area contributed by atoms with E-state index in [2.05, 4.69) is 9.47 Å². The van der Waals surface area contributed by atoms with Crippen LogP contribution in [0.25, 0.3) is 43.1 Å². The third-order valence-electron chi connectivity index (χ3n) is 17.7. The number of hydrogen-bond donors (Lipinski definition) is 0. The molecule has 8 aromatic rings. The SMILES string of the molecule is COC(=O)OCOc1c2n(ccc1=O)N(C1c3ccccc3-c3scc4c3-c3c1ccc(F)c3C(F)(F)C4)C1COCCN1C2=O.COC(=O)OCOc1c2n(ccc1=O)N([C@@H]1c3ccccc3-c3scc4c3-c3c1ccc(F)c3C(F)(F)C4)[C@@H]1COCCN1C2=O. The fraction of sp³-hybridized carbons (Fsp3) is 0.281. The van der Waals surface area contributed by atoms with E-state index >= 15 is 26.3 Å². The quantitative estimate of drug-likeness (QED) is 0.0790. The van der Waals surface area contributed by atoms with Crippen molar-refractivity contribution in [3.05, 3.63) is 196 Å². The molecule has 0 bridgehead atoms. The molecule has 16 rings (SSSR count). The normalized spacial score (nSPS) is 20.1. The summed E-state index contributed by atoms with van der Waals surface area (Å²) in [6.07, 6.45) is -2.04. The molecule has 2 amide bonds. The molecule has 2 unspecified atom stereocenters. The molecule has 0 spiro atoms. The van der Waals surface area contributed by atoms with Gasteiger partial charge >= 0.3 is 12.3 Å². The number of carbonyl (C=O) groups is 4. The third kappa shape index (κ3) is 8.91. The maximum absolute atomic E-state index is 15.8. The van der Waals surface area contributed by atoms with Crippen LogP contribution in [0.5, 0.6) is 11.5 Å². The molecule has 4 aromatic carbocycles. The summed E-state index contributed by atoms with van der Waals surface area (Å²) in [4.78, 5) is 82.1. The second-order valence-corrected chi connectivity index (χ2v) is 24.2. The molecule has 2 saturated heterocycles. The molecule has 0 N–H and O–H groups in total. The fourth-order valence-electron chi connectivity index (χ4n) is 14.0. The number of nitrogens with zero attached hydrogens (tertiary/aromatic N) is 6. The zero-order valence-electron chi connectivity index (χ0n) is 48.3. The minimum Gasteiger partial charge on any atom is -0.451 e. The lowest BCUT2D eigenvalue weighted by Gasteiger charge is -2.51. The van der Waals surface area contributed by atoms with Crippen LogP contribution in [0.1, 0.15) is 77.6 Å². The highest BCUT2D eigenvalue weighted by molar-refractivity contribution is 7.14. The summed E-state index contributed by atoms with van der Waals surface area (Å²) >= 11 is 2.66. The number of ether oxygens (including phenoxy) is 8. The summed E-state index contributed by atoms with van der Waals surface area (Å²) < 4.78 is 139. The molecule has 20 nitrogen and oxygen atoms in total. The van der Waals surface area contributed by atoms with Gasteiger partial charge in [0.2, 0.25) is 35.9 Å². The van der Waals surface area contributed by atoms with Crippen molar-refractivity contribution in [1.82, 2.24) is 19.2 Å². The molecule has 92 heavy (non-hydrogen) atoms. The standard InChI is InChI=1S/2C32H24F3N3O7S/c2*1-42-31(41)45-15-44-28-21(39)8-9-37-27(28)30(40)36-10-11-43-13-22(36)38(37)26-17-4-2-3-5-18(17)29-23-16(14-46-29)12-32(34,35)25-20(33)7-6-19(26)24(23)25/h2*2-9,14,22,26H,10-13,15H2,1H3/t22-,26-;/m1./s1. The largest absolute Gasteiger partial charge is 0.510 e. The van der Waals surface area contributed by atoms with E-state index < -0.39 is 120 Å². The van der Waals surface area contributed by atoms with Gasteiger partial charge in [0.05, 0.1) is 63.9 Å². The van der Waals surface area contributed by atoms with Crippen LogP contribution in [0.15, 0.2) is 118 Å². The van der Waals surface area contributed by atoms with E-state index in [0.717, 1.165) is 58.4 Å². The van der Waals surface area contributed by atoms with Crippen LogP contribution in [0.4, 0.5) is 35.9 Å². The number of alkyl halides is 4. The average molecular weight is 1300 g/mol. The van der Waals surface area contributed by atoms with Gasteiger partial charge in [-0.15, -0.1) is 22.7 Å². The van der Waals surface area contributed by atoms with Crippen molar-refractivity contribution in [2.24, 2.45) is 0 Å². The minimum atomic E-state index is -3.47. The summed E-state index contributed by atoms with van der Waals surface area (Å²) in [5.41, 5.74) is 3.13. The Kier molecular flexibility index (Phi) is 14.1. The Balaban J connectivity index is 0.000000153. The number of morpholine rings is 2. The molecule has 4 aliphatic heterocycles. The van der Waals surface area contributed by atoms with Crippen molar-refractivity contribution >= 4 is 46.8 Å². The van der Waals surface area contributed by atoms with Gasteiger partial charge in [0.25, 0.3) is 23.7 Å². The van der Waals surface area contributed by atoms with Gasteiger partial charge in [-0.1, -0.05) is 60.7 Å². The number of pyridine rings is 2. The Labute approximate surface area is 524 Å². The van der Waals surface area contributed by atoms with E-state index in [1.54, 1.807) is 20.8 Å². The molecule has 472 valence electrons. The number of hydrogen-bond acceptors (Lipinski definition) is 18. The Morgan fingerprint density at radius 2 is 0.967 bits per heavy atom. The number of carbonyl (C=O) groups excluding carboxylic acids is 4. The first-order chi connectivity index (χ1) is 44.4. The van der Waals surface area contributed by atoms with Gasteiger partial charge < -0.3 is 47.7 Å². The fourth-order valence-corrected chi connectivity index (χ4v) is 16.3. The van der Waals surface area contributed by atoms with Crippen LogP contribution in [0.3, 0.4) is 0 Å². The number of methoxy groups -OCH3 is 2. The molecule has 0 saturated carbocycles. The lowest BCUT2D eigenvalue weighted by Crippen LogP contribution is -2.66. The molecule has 0 radical (unpaired) electrons. The summed E-state index contributed by atoms with van der Waals surface area (Å²) in [7, 11) is 2.22. The predicted molar refractivity (Wildman–Crippen MR) is 316 cm³/mol. The van der Waals surface area contributed by atoms with Crippen LogP contribution < -0.4 is 30.3 Å². The van der Waals surface area contributed by atoms with Crippen molar-refractivity contribution in [2.45, 2.75) is 49.1 Å². The van der Waals surface area contributed by atoms with Crippen LogP contribution in [-0.2, 0) is 53.1 Å². The number of aromatic nitrogens is 2. The van der Waals surface area contributed by atoms with Crippen LogP contribution in [0, 0.1) is 11.6 Å². The monoisotopic (exact) mass is 1300 g/mol. The highest BCUT2D eigenvalue weighted by Gasteiger charge is 2.53. The number of benzene rings is 4. The average Bonchev–Trinajstić information content (AvgIpc) is 1.17. The lowest BCUT2D eigenvalue weighted by molar-refractivity contribution is -0.0211. The molecule has 28 heteroatoms. The maximum Gasteiger partial charge on any atom is 0.510 e. The van der Waals surface area contributed by atoms with Crippen molar-refractivity contribution in [1.29, 1.82) is 0 Å². The summed E-state index contributed by atoms with van der Waals surface area (Å²) in [6.45, 7) is -0.555. The number of thiophene rings is 2. The second kappa shape index (κ2) is 22.1. The smallest absolute Gasteiger partial charge is 0.451 e. The topological polar surface area (TPSA) is 199 Å². The van der Waals surface area contributed by atoms with Gasteiger partial charge in [-0.3, -0.25) is 38.5 Å². The van der Waals surface area contributed by atoms with E-state index in [0.29, 0.717) is 33.4 Å². The number of halogens is 6.